The summed E-state index contributed by atoms with van der Waals surface area (Å²) in [7, 11) is 0. The molecule has 1 heterocycles. The number of hydrogen-bond acceptors (Lipinski definition) is 2. The second-order valence-corrected chi connectivity index (χ2v) is 4.63. The Kier molecular flexibility index (Phi) is 3.31. The normalized spacial score (nSPS) is 22.5. The number of hydrogen-bond donors (Lipinski definition) is 1. The van der Waals surface area contributed by atoms with Crippen molar-refractivity contribution < 1.29 is 9.59 Å². The molecule has 0 radical (unpaired) electrons. The van der Waals surface area contributed by atoms with E-state index in [0.29, 0.717) is 26.2 Å². The molecule has 90 valence electrons. The summed E-state index contributed by atoms with van der Waals surface area (Å²) >= 11 is 0. The topological polar surface area (TPSA) is 66.6 Å². The Morgan fingerprint density at radius 2 is 1.44 bits per heavy atom. The van der Waals surface area contributed by atoms with Crippen LogP contribution in [0.1, 0.15) is 25.7 Å². The highest BCUT2D eigenvalue weighted by atomic mass is 16.2. The summed E-state index contributed by atoms with van der Waals surface area (Å²) in [6.07, 6.45) is 4.43. The Bertz CT molecular complexity index is 279. The van der Waals surface area contributed by atoms with Crippen LogP contribution in [0, 0.1) is 5.92 Å². The number of carbonyl (C=O) groups excluding carboxylic acids is 2. The zero-order chi connectivity index (χ0) is 11.5. The number of urea groups is 1. The van der Waals surface area contributed by atoms with Crippen molar-refractivity contribution in [2.24, 2.45) is 11.7 Å². The molecule has 0 atom stereocenters. The maximum atomic E-state index is 12.1. The van der Waals surface area contributed by atoms with Crippen molar-refractivity contribution >= 4 is 11.9 Å². The predicted molar refractivity (Wildman–Crippen MR) is 59.7 cm³/mol. The van der Waals surface area contributed by atoms with Crippen LogP contribution in [0.4, 0.5) is 4.79 Å². The van der Waals surface area contributed by atoms with Crippen LogP contribution < -0.4 is 5.73 Å². The fraction of sp³-hybridized carbons (Fsp3) is 0.818. The van der Waals surface area contributed by atoms with Gasteiger partial charge in [-0.3, -0.25) is 4.79 Å². The second-order valence-electron chi connectivity index (χ2n) is 4.63. The van der Waals surface area contributed by atoms with E-state index in [-0.39, 0.29) is 17.9 Å². The lowest BCUT2D eigenvalue weighted by atomic mass is 10.1. The molecule has 1 aliphatic heterocycles. The summed E-state index contributed by atoms with van der Waals surface area (Å²) < 4.78 is 0. The van der Waals surface area contributed by atoms with E-state index in [9.17, 15) is 9.59 Å². The number of piperazine rings is 1. The molecular weight excluding hydrogens is 206 g/mol. The zero-order valence-corrected chi connectivity index (χ0v) is 9.52. The molecule has 5 nitrogen and oxygen atoms in total. The highest BCUT2D eigenvalue weighted by Crippen LogP contribution is 2.26. The van der Waals surface area contributed by atoms with Crippen molar-refractivity contribution in [3.63, 3.8) is 0 Å². The van der Waals surface area contributed by atoms with Gasteiger partial charge in [-0.2, -0.15) is 0 Å². The minimum Gasteiger partial charge on any atom is -0.351 e. The Hall–Kier alpha value is -1.26. The maximum absolute atomic E-state index is 12.1. The van der Waals surface area contributed by atoms with Crippen LogP contribution in [0.15, 0.2) is 0 Å². The molecule has 1 saturated heterocycles. The van der Waals surface area contributed by atoms with Gasteiger partial charge in [0, 0.05) is 32.1 Å². The van der Waals surface area contributed by atoms with Crippen LogP contribution in [-0.4, -0.2) is 47.9 Å². The number of carbonyl (C=O) groups is 2. The van der Waals surface area contributed by atoms with Gasteiger partial charge in [0.25, 0.3) is 0 Å². The van der Waals surface area contributed by atoms with Gasteiger partial charge in [0.05, 0.1) is 0 Å². The molecule has 0 unspecified atom stereocenters. The van der Waals surface area contributed by atoms with Crippen LogP contribution in [0.5, 0.6) is 0 Å². The monoisotopic (exact) mass is 225 g/mol. The van der Waals surface area contributed by atoms with E-state index >= 15 is 0 Å². The summed E-state index contributed by atoms with van der Waals surface area (Å²) in [5, 5.41) is 0. The Labute approximate surface area is 95.6 Å². The lowest BCUT2D eigenvalue weighted by molar-refractivity contribution is -0.136. The smallest absolute Gasteiger partial charge is 0.314 e. The summed E-state index contributed by atoms with van der Waals surface area (Å²) in [5.41, 5.74) is 5.19. The molecule has 3 amide bonds. The van der Waals surface area contributed by atoms with Gasteiger partial charge in [0.2, 0.25) is 5.91 Å². The minimum atomic E-state index is -0.382. The van der Waals surface area contributed by atoms with Gasteiger partial charge >= 0.3 is 6.03 Å². The highest BCUT2D eigenvalue weighted by molar-refractivity contribution is 5.79. The summed E-state index contributed by atoms with van der Waals surface area (Å²) in [6, 6.07) is -0.382. The van der Waals surface area contributed by atoms with Gasteiger partial charge in [-0.1, -0.05) is 12.8 Å². The standard InChI is InChI=1S/C11H19N3O2/c12-11(16)14-7-5-13(6-8-14)10(15)9-3-1-2-4-9/h9H,1-8H2,(H2,12,16). The fourth-order valence-electron chi connectivity index (χ4n) is 2.58. The third kappa shape index (κ3) is 2.28. The Morgan fingerprint density at radius 3 is 1.94 bits per heavy atom. The molecule has 0 spiro atoms. The molecule has 0 aromatic rings. The van der Waals surface area contributed by atoms with Crippen LogP contribution in [0.3, 0.4) is 0 Å². The second kappa shape index (κ2) is 4.72. The molecule has 1 aliphatic carbocycles. The van der Waals surface area contributed by atoms with E-state index in [0.717, 1.165) is 12.8 Å². The van der Waals surface area contributed by atoms with Crippen molar-refractivity contribution in [3.8, 4) is 0 Å². The molecule has 16 heavy (non-hydrogen) atoms. The van der Waals surface area contributed by atoms with Crippen LogP contribution in [0.2, 0.25) is 0 Å². The van der Waals surface area contributed by atoms with Crippen LogP contribution >= 0.6 is 0 Å². The first-order chi connectivity index (χ1) is 7.68. The summed E-state index contributed by atoms with van der Waals surface area (Å²) in [6.45, 7) is 2.43. The Morgan fingerprint density at radius 1 is 0.938 bits per heavy atom. The van der Waals surface area contributed by atoms with Crippen LogP contribution in [0.25, 0.3) is 0 Å². The number of nitrogens with two attached hydrogens (primary N) is 1. The van der Waals surface area contributed by atoms with Gasteiger partial charge in [-0.15, -0.1) is 0 Å². The first-order valence-electron chi connectivity index (χ1n) is 6.01. The molecule has 2 rings (SSSR count). The molecule has 2 aliphatic rings. The van der Waals surface area contributed by atoms with Crippen molar-refractivity contribution in [2.45, 2.75) is 25.7 Å². The number of amides is 3. The van der Waals surface area contributed by atoms with E-state index in [1.165, 1.54) is 12.8 Å². The van der Waals surface area contributed by atoms with E-state index in [1.807, 2.05) is 4.90 Å². The molecule has 1 saturated carbocycles. The first-order valence-corrected chi connectivity index (χ1v) is 6.01. The average Bonchev–Trinajstić information content (AvgIpc) is 2.81. The number of rotatable bonds is 1. The van der Waals surface area contributed by atoms with Crippen molar-refractivity contribution in [1.82, 2.24) is 9.80 Å². The molecule has 0 aromatic carbocycles. The molecule has 2 N–H and O–H groups in total. The third-order valence-corrected chi connectivity index (χ3v) is 3.61. The predicted octanol–water partition coefficient (Wildman–Crippen LogP) is 0.399. The van der Waals surface area contributed by atoms with E-state index in [4.69, 9.17) is 5.73 Å². The van der Waals surface area contributed by atoms with Crippen molar-refractivity contribution in [2.75, 3.05) is 26.2 Å². The summed E-state index contributed by atoms with van der Waals surface area (Å²) in [4.78, 5) is 26.5. The third-order valence-electron chi connectivity index (χ3n) is 3.61. The van der Waals surface area contributed by atoms with Gasteiger partial charge in [0.1, 0.15) is 0 Å². The lowest BCUT2D eigenvalue weighted by Crippen LogP contribution is -2.53. The Balaban J connectivity index is 1.84. The number of primary amides is 1. The van der Waals surface area contributed by atoms with Gasteiger partial charge in [-0.25, -0.2) is 4.79 Å². The minimum absolute atomic E-state index is 0.236. The van der Waals surface area contributed by atoms with E-state index in [1.54, 1.807) is 4.90 Å². The fourth-order valence-corrected chi connectivity index (χ4v) is 2.58. The SMILES string of the molecule is NC(=O)N1CCN(C(=O)C2CCCC2)CC1. The average molecular weight is 225 g/mol. The van der Waals surface area contributed by atoms with Crippen molar-refractivity contribution in [1.29, 1.82) is 0 Å². The molecular formula is C11H19N3O2. The quantitative estimate of drug-likeness (QED) is 0.702. The van der Waals surface area contributed by atoms with Gasteiger partial charge < -0.3 is 15.5 Å². The zero-order valence-electron chi connectivity index (χ0n) is 9.52. The summed E-state index contributed by atoms with van der Waals surface area (Å²) in [5.74, 6) is 0.516. The molecule has 2 fully saturated rings. The lowest BCUT2D eigenvalue weighted by Gasteiger charge is -2.35. The molecule has 0 aromatic heterocycles. The molecule has 0 bridgehead atoms. The maximum Gasteiger partial charge on any atom is 0.314 e. The largest absolute Gasteiger partial charge is 0.351 e. The first kappa shape index (κ1) is 11.2. The van der Waals surface area contributed by atoms with Gasteiger partial charge in [0.15, 0.2) is 0 Å². The van der Waals surface area contributed by atoms with Gasteiger partial charge in [-0.05, 0) is 12.8 Å². The van der Waals surface area contributed by atoms with Crippen molar-refractivity contribution in [3.05, 3.63) is 0 Å². The van der Waals surface area contributed by atoms with Crippen LogP contribution in [-0.2, 0) is 4.79 Å². The number of nitrogens with zero attached hydrogens (tertiary/aromatic N) is 2. The molecule has 5 heteroatoms. The highest BCUT2D eigenvalue weighted by Gasteiger charge is 2.29. The van der Waals surface area contributed by atoms with E-state index in [2.05, 4.69) is 0 Å². The van der Waals surface area contributed by atoms with E-state index < -0.39 is 0 Å².